The summed E-state index contributed by atoms with van der Waals surface area (Å²) in [6, 6.07) is 6.97. The Balaban J connectivity index is 2.01. The molecule has 0 aliphatic carbocycles. The van der Waals surface area contributed by atoms with E-state index in [9.17, 15) is 8.42 Å². The molecular weight excluding hydrogens is 264 g/mol. The first kappa shape index (κ1) is 14.3. The van der Waals surface area contributed by atoms with Gasteiger partial charge in [-0.2, -0.15) is 0 Å². The van der Waals surface area contributed by atoms with Crippen molar-refractivity contribution in [2.24, 2.45) is 0 Å². The van der Waals surface area contributed by atoms with Crippen LogP contribution in [0.15, 0.2) is 24.3 Å². The van der Waals surface area contributed by atoms with Gasteiger partial charge in [0.1, 0.15) is 0 Å². The van der Waals surface area contributed by atoms with E-state index in [0.717, 1.165) is 18.4 Å². The summed E-state index contributed by atoms with van der Waals surface area (Å²) >= 11 is 0. The lowest BCUT2D eigenvalue weighted by atomic mass is 10.1. The van der Waals surface area contributed by atoms with Crippen LogP contribution < -0.4 is 5.73 Å². The molecule has 0 bridgehead atoms. The van der Waals surface area contributed by atoms with Gasteiger partial charge in [0.05, 0.1) is 11.9 Å². The number of nitrogens with two attached hydrogens (primary N) is 1. The van der Waals surface area contributed by atoms with Gasteiger partial charge in [-0.1, -0.05) is 12.1 Å². The molecule has 0 radical (unpaired) electrons. The molecule has 0 amide bonds. The molecule has 2 rings (SSSR count). The Morgan fingerprint density at radius 2 is 1.84 bits per heavy atom. The third kappa shape index (κ3) is 3.68. The monoisotopic (exact) mass is 284 g/mol. The fraction of sp³-hybridized carbons (Fsp3) is 0.538. The van der Waals surface area contributed by atoms with Crippen LogP contribution in [-0.4, -0.2) is 39.0 Å². The number of piperidine rings is 1. The number of sulfonamides is 1. The van der Waals surface area contributed by atoms with E-state index in [0.29, 0.717) is 18.8 Å². The van der Waals surface area contributed by atoms with Gasteiger partial charge in [0.2, 0.25) is 10.0 Å². The lowest BCUT2D eigenvalue weighted by molar-refractivity contribution is 0.0604. The first-order chi connectivity index (χ1) is 9.01. The van der Waals surface area contributed by atoms with Crippen molar-refractivity contribution in [3.8, 4) is 0 Å². The van der Waals surface area contributed by atoms with Gasteiger partial charge in [0.25, 0.3) is 0 Å². The molecule has 0 aromatic heterocycles. The molecular formula is C13H20N2O3S. The van der Waals surface area contributed by atoms with E-state index in [1.807, 2.05) is 0 Å². The summed E-state index contributed by atoms with van der Waals surface area (Å²) in [6.07, 6.45) is 1.71. The largest absolute Gasteiger partial charge is 0.399 e. The predicted octanol–water partition coefficient (Wildman–Crippen LogP) is 1.21. The van der Waals surface area contributed by atoms with Crippen LogP contribution in [0.4, 0.5) is 5.69 Å². The van der Waals surface area contributed by atoms with Crippen molar-refractivity contribution in [2.75, 3.05) is 25.9 Å². The molecule has 1 aromatic rings. The maximum absolute atomic E-state index is 12.3. The Bertz CT molecular complexity index is 505. The average molecular weight is 284 g/mol. The minimum atomic E-state index is -3.24. The first-order valence-corrected chi connectivity index (χ1v) is 7.97. The molecule has 2 N–H and O–H groups in total. The zero-order valence-corrected chi connectivity index (χ0v) is 11.9. The van der Waals surface area contributed by atoms with Crippen LogP contribution in [-0.2, 0) is 20.5 Å². The maximum atomic E-state index is 12.3. The molecule has 1 heterocycles. The van der Waals surface area contributed by atoms with Crippen LogP contribution in [0.5, 0.6) is 0 Å². The second-order valence-corrected chi connectivity index (χ2v) is 6.80. The van der Waals surface area contributed by atoms with Gasteiger partial charge in [0, 0.05) is 25.9 Å². The molecule has 6 heteroatoms. The third-order valence-corrected chi connectivity index (χ3v) is 5.31. The Kier molecular flexibility index (Phi) is 4.44. The second-order valence-electron chi connectivity index (χ2n) is 4.83. The Morgan fingerprint density at radius 3 is 2.37 bits per heavy atom. The quantitative estimate of drug-likeness (QED) is 0.844. The van der Waals surface area contributed by atoms with Crippen molar-refractivity contribution in [1.29, 1.82) is 0 Å². The Labute approximate surface area is 114 Å². The molecule has 19 heavy (non-hydrogen) atoms. The van der Waals surface area contributed by atoms with Crippen molar-refractivity contribution < 1.29 is 13.2 Å². The number of anilines is 1. The molecule has 1 fully saturated rings. The lowest BCUT2D eigenvalue weighted by Crippen LogP contribution is -2.41. The molecule has 0 saturated carbocycles. The van der Waals surface area contributed by atoms with Crippen LogP contribution in [0.25, 0.3) is 0 Å². The number of nitrogens with zero attached hydrogens (tertiary/aromatic N) is 1. The molecule has 1 aromatic carbocycles. The molecule has 0 unspecified atom stereocenters. The van der Waals surface area contributed by atoms with Gasteiger partial charge >= 0.3 is 0 Å². The summed E-state index contributed by atoms with van der Waals surface area (Å²) in [7, 11) is -1.57. The van der Waals surface area contributed by atoms with Crippen molar-refractivity contribution in [2.45, 2.75) is 24.7 Å². The van der Waals surface area contributed by atoms with E-state index in [1.165, 1.54) is 0 Å². The highest BCUT2D eigenvalue weighted by Crippen LogP contribution is 2.19. The fourth-order valence-corrected chi connectivity index (χ4v) is 3.83. The zero-order chi connectivity index (χ0) is 13.9. The van der Waals surface area contributed by atoms with Crippen LogP contribution in [0.1, 0.15) is 18.4 Å². The van der Waals surface area contributed by atoms with E-state index >= 15 is 0 Å². The standard InChI is InChI=1S/C13H20N2O3S/c1-18-13-6-8-15(9-7-13)19(16,17)10-11-2-4-12(14)5-3-11/h2-5,13H,6-10,14H2,1H3. The van der Waals surface area contributed by atoms with E-state index < -0.39 is 10.0 Å². The number of hydrogen-bond donors (Lipinski definition) is 1. The third-order valence-electron chi connectivity index (χ3n) is 3.46. The number of ether oxygens (including phenoxy) is 1. The topological polar surface area (TPSA) is 72.6 Å². The Morgan fingerprint density at radius 1 is 1.26 bits per heavy atom. The molecule has 0 atom stereocenters. The van der Waals surface area contributed by atoms with Crippen LogP contribution >= 0.6 is 0 Å². The fourth-order valence-electron chi connectivity index (χ4n) is 2.26. The molecule has 1 aliphatic heterocycles. The van der Waals surface area contributed by atoms with Gasteiger partial charge in [-0.05, 0) is 30.5 Å². The number of hydrogen-bond acceptors (Lipinski definition) is 4. The van der Waals surface area contributed by atoms with Gasteiger partial charge in [-0.15, -0.1) is 0 Å². The minimum Gasteiger partial charge on any atom is -0.399 e. The van der Waals surface area contributed by atoms with E-state index in [1.54, 1.807) is 35.7 Å². The van der Waals surface area contributed by atoms with Crippen molar-refractivity contribution in [3.05, 3.63) is 29.8 Å². The smallest absolute Gasteiger partial charge is 0.218 e. The second kappa shape index (κ2) is 5.90. The predicted molar refractivity (Wildman–Crippen MR) is 75.1 cm³/mol. The van der Waals surface area contributed by atoms with Crippen LogP contribution in [0, 0.1) is 0 Å². The highest BCUT2D eigenvalue weighted by atomic mass is 32.2. The molecule has 1 aliphatic rings. The number of methoxy groups -OCH3 is 1. The first-order valence-electron chi connectivity index (χ1n) is 6.36. The summed E-state index contributed by atoms with van der Waals surface area (Å²) in [5.74, 6) is 0.0327. The van der Waals surface area contributed by atoms with Gasteiger partial charge in [0.15, 0.2) is 0 Å². The summed E-state index contributed by atoms with van der Waals surface area (Å²) < 4.78 is 31.4. The molecule has 0 spiro atoms. The highest BCUT2D eigenvalue weighted by Gasteiger charge is 2.27. The summed E-state index contributed by atoms with van der Waals surface area (Å²) in [6.45, 7) is 1.08. The van der Waals surface area contributed by atoms with Crippen molar-refractivity contribution >= 4 is 15.7 Å². The summed E-state index contributed by atoms with van der Waals surface area (Å²) in [4.78, 5) is 0. The molecule has 1 saturated heterocycles. The van der Waals surface area contributed by atoms with Crippen molar-refractivity contribution in [3.63, 3.8) is 0 Å². The highest BCUT2D eigenvalue weighted by molar-refractivity contribution is 7.88. The molecule has 106 valence electrons. The summed E-state index contributed by atoms with van der Waals surface area (Å²) in [5.41, 5.74) is 7.00. The lowest BCUT2D eigenvalue weighted by Gasteiger charge is -2.30. The SMILES string of the molecule is COC1CCN(S(=O)(=O)Cc2ccc(N)cc2)CC1. The number of nitrogen functional groups attached to an aromatic ring is 1. The van der Waals surface area contributed by atoms with E-state index in [-0.39, 0.29) is 11.9 Å². The Hall–Kier alpha value is -1.11. The van der Waals surface area contributed by atoms with Crippen LogP contribution in [0.2, 0.25) is 0 Å². The van der Waals surface area contributed by atoms with E-state index in [2.05, 4.69) is 0 Å². The number of benzene rings is 1. The van der Waals surface area contributed by atoms with E-state index in [4.69, 9.17) is 10.5 Å². The maximum Gasteiger partial charge on any atom is 0.218 e. The van der Waals surface area contributed by atoms with Gasteiger partial charge in [-0.25, -0.2) is 12.7 Å². The molecule has 5 nitrogen and oxygen atoms in total. The number of rotatable bonds is 4. The summed E-state index contributed by atoms with van der Waals surface area (Å²) in [5, 5.41) is 0. The van der Waals surface area contributed by atoms with Gasteiger partial charge in [-0.3, -0.25) is 0 Å². The van der Waals surface area contributed by atoms with Gasteiger partial charge < -0.3 is 10.5 Å². The minimum absolute atomic E-state index is 0.0327. The zero-order valence-electron chi connectivity index (χ0n) is 11.1. The normalized spacial score (nSPS) is 18.6. The van der Waals surface area contributed by atoms with Crippen LogP contribution in [0.3, 0.4) is 0 Å². The van der Waals surface area contributed by atoms with Crippen molar-refractivity contribution in [1.82, 2.24) is 4.31 Å². The average Bonchev–Trinajstić information content (AvgIpc) is 2.41.